The number of ether oxygens (including phenoxy) is 1. The lowest BCUT2D eigenvalue weighted by Crippen LogP contribution is -2.42. The summed E-state index contributed by atoms with van der Waals surface area (Å²) in [5.74, 6) is -2.74. The molecule has 2 aliphatic carbocycles. The summed E-state index contributed by atoms with van der Waals surface area (Å²) in [4.78, 5) is 57.9. The normalized spacial score (nSPS) is 26.3. The Bertz CT molecular complexity index is 2300. The van der Waals surface area contributed by atoms with Gasteiger partial charge in [0, 0.05) is 27.1 Å². The predicted molar refractivity (Wildman–Crippen MR) is 187 cm³/mol. The minimum absolute atomic E-state index is 0.0642. The summed E-state index contributed by atoms with van der Waals surface area (Å²) in [6.45, 7) is -0.206. The van der Waals surface area contributed by atoms with Gasteiger partial charge < -0.3 is 15.0 Å². The molecule has 3 heterocycles. The summed E-state index contributed by atoms with van der Waals surface area (Å²) in [5, 5.41) is 5.52. The molecule has 5 aromatic rings. The van der Waals surface area contributed by atoms with Crippen molar-refractivity contribution >= 4 is 63.0 Å². The summed E-state index contributed by atoms with van der Waals surface area (Å²) in [5.41, 5.74) is 0.614. The van der Waals surface area contributed by atoms with E-state index >= 15 is 0 Å². The summed E-state index contributed by atoms with van der Waals surface area (Å²) < 4.78 is 46.5. The highest BCUT2D eigenvalue weighted by atomic mass is 32.2. The number of carbonyl (C=O) groups excluding carboxylic acids is 3. The van der Waals surface area contributed by atoms with Crippen molar-refractivity contribution in [2.24, 2.45) is 29.6 Å². The van der Waals surface area contributed by atoms with Gasteiger partial charge in [-0.3, -0.25) is 24.1 Å². The van der Waals surface area contributed by atoms with Gasteiger partial charge in [0.1, 0.15) is 5.75 Å². The van der Waals surface area contributed by atoms with Gasteiger partial charge >= 0.3 is 11.0 Å². The molecular weight excluding hydrogens is 700 g/mol. The first-order valence-electron chi connectivity index (χ1n) is 16.5. The van der Waals surface area contributed by atoms with Gasteiger partial charge in [0.25, 0.3) is 5.91 Å². The molecule has 2 aliphatic heterocycles. The summed E-state index contributed by atoms with van der Waals surface area (Å²) in [7, 11) is 0. The van der Waals surface area contributed by atoms with E-state index in [0.29, 0.717) is 17.9 Å². The first-order valence-corrected chi connectivity index (χ1v) is 18.2. The number of fused-ring (bicyclic) bond motifs is 10. The lowest BCUT2D eigenvalue weighted by Gasteiger charge is -2.43. The van der Waals surface area contributed by atoms with Crippen LogP contribution in [0.2, 0.25) is 0 Å². The molecule has 4 aliphatic rings. The monoisotopic (exact) mass is 727 g/mol. The van der Waals surface area contributed by atoms with E-state index in [0.717, 1.165) is 54.6 Å². The van der Waals surface area contributed by atoms with Crippen LogP contribution < -0.4 is 19.8 Å². The Balaban J connectivity index is 0.968. The van der Waals surface area contributed by atoms with Gasteiger partial charge in [-0.1, -0.05) is 65.9 Å². The second kappa shape index (κ2) is 11.8. The average Bonchev–Trinajstić information content (AvgIpc) is 3.86. The maximum absolute atomic E-state index is 14.0. The number of hydrogen-bond acceptors (Lipinski definition) is 7. The Hall–Kier alpha value is -4.88. The van der Waals surface area contributed by atoms with Crippen molar-refractivity contribution < 1.29 is 32.3 Å². The molecule has 1 aromatic heterocycles. The molecule has 0 radical (unpaired) electrons. The van der Waals surface area contributed by atoms with E-state index < -0.39 is 35.4 Å². The van der Waals surface area contributed by atoms with Crippen LogP contribution in [0.1, 0.15) is 28.3 Å². The first-order chi connectivity index (χ1) is 24.6. The fourth-order valence-corrected chi connectivity index (χ4v) is 11.8. The molecule has 4 aromatic carbocycles. The van der Waals surface area contributed by atoms with Crippen molar-refractivity contribution in [2.45, 2.75) is 28.8 Å². The fourth-order valence-electron chi connectivity index (χ4n) is 8.91. The number of imide groups is 1. The molecule has 7 atom stereocenters. The highest BCUT2D eigenvalue weighted by Gasteiger charge is 2.69. The highest BCUT2D eigenvalue weighted by Crippen LogP contribution is 2.68. The van der Waals surface area contributed by atoms with Crippen LogP contribution in [0.5, 0.6) is 5.75 Å². The van der Waals surface area contributed by atoms with Crippen molar-refractivity contribution in [2.75, 3.05) is 16.8 Å². The maximum Gasteiger partial charge on any atom is 0.416 e. The van der Waals surface area contributed by atoms with Crippen LogP contribution in [-0.2, 0) is 20.6 Å². The number of carbonyl (C=O) groups is 3. The third kappa shape index (κ3) is 5.19. The maximum atomic E-state index is 14.0. The third-order valence-corrected chi connectivity index (χ3v) is 13.4. The Morgan fingerprint density at radius 3 is 2.41 bits per heavy atom. The number of anilines is 2. The van der Waals surface area contributed by atoms with Crippen LogP contribution in [0.4, 0.5) is 24.5 Å². The standard InChI is InChI=1S/C38H28F3N3O5S2/c39-38(40,41)20-7-4-8-21(15-20)44-35(46)30-24-16-25(31(30)36(44)47)32-29(24)28(33-34(50-32)43-37(48)51-33)19-11-13-22(14-12-19)49-17-27(45)42-26-10-3-6-18-5-1-2-9-23(18)26/h1-15,24-25,28-32H,16-17H2,(H,42,45)(H,43,48)/t24-,25-,28-,29?,30?,31?,32?/m1/s1. The van der Waals surface area contributed by atoms with Gasteiger partial charge in [-0.15, -0.1) is 11.8 Å². The van der Waals surface area contributed by atoms with Gasteiger partial charge in [-0.2, -0.15) is 13.2 Å². The van der Waals surface area contributed by atoms with Crippen LogP contribution in [-0.4, -0.2) is 34.6 Å². The number of amides is 3. The molecule has 8 nitrogen and oxygen atoms in total. The molecule has 51 heavy (non-hydrogen) atoms. The number of hydrogen-bond donors (Lipinski definition) is 2. The quantitative estimate of drug-likeness (QED) is 0.178. The number of aromatic nitrogens is 1. The Kier molecular flexibility index (Phi) is 7.44. The molecule has 2 N–H and O–H groups in total. The predicted octanol–water partition coefficient (Wildman–Crippen LogP) is 7.30. The van der Waals surface area contributed by atoms with Gasteiger partial charge in [0.2, 0.25) is 11.8 Å². The van der Waals surface area contributed by atoms with Crippen molar-refractivity contribution in [3.63, 3.8) is 0 Å². The van der Waals surface area contributed by atoms with E-state index in [-0.39, 0.29) is 52.0 Å². The van der Waals surface area contributed by atoms with Gasteiger partial charge in [-0.25, -0.2) is 0 Å². The molecule has 2 saturated carbocycles. The molecular formula is C38H28F3N3O5S2. The number of nitrogens with one attached hydrogen (secondary N) is 2. The fraction of sp³-hybridized carbons (Fsp3) is 0.263. The topological polar surface area (TPSA) is 109 Å². The number of thioether (sulfide) groups is 1. The Morgan fingerprint density at radius 2 is 1.63 bits per heavy atom. The molecule has 2 bridgehead atoms. The van der Waals surface area contributed by atoms with E-state index in [1.165, 1.54) is 23.9 Å². The number of H-pyrrole nitrogens is 1. The lowest BCUT2D eigenvalue weighted by molar-refractivity contribution is -0.137. The zero-order valence-corrected chi connectivity index (χ0v) is 28.2. The molecule has 3 fully saturated rings. The number of nitrogens with zero attached hydrogens (tertiary/aromatic N) is 1. The number of aromatic amines is 1. The van der Waals surface area contributed by atoms with Gasteiger partial charge in [0.15, 0.2) is 6.61 Å². The number of rotatable bonds is 6. The second-order valence-electron chi connectivity index (χ2n) is 13.5. The number of thiazole rings is 1. The zero-order chi connectivity index (χ0) is 35.2. The molecule has 3 amide bonds. The largest absolute Gasteiger partial charge is 0.484 e. The number of alkyl halides is 3. The van der Waals surface area contributed by atoms with Crippen molar-refractivity contribution in [3.8, 4) is 5.75 Å². The van der Waals surface area contributed by atoms with E-state index in [4.69, 9.17) is 4.74 Å². The number of halogens is 3. The van der Waals surface area contributed by atoms with Crippen LogP contribution in [0.25, 0.3) is 10.8 Å². The highest BCUT2D eigenvalue weighted by molar-refractivity contribution is 8.00. The van der Waals surface area contributed by atoms with Gasteiger partial charge in [-0.05, 0) is 71.5 Å². The van der Waals surface area contributed by atoms with Crippen molar-refractivity contribution in [1.82, 2.24) is 4.98 Å². The first kappa shape index (κ1) is 32.1. The minimum atomic E-state index is -4.62. The Labute approximate surface area is 297 Å². The molecule has 0 spiro atoms. The SMILES string of the molecule is O=C(COc1ccc([C@H]2c3sc(=O)[nH]c3SC3C2[C@H]2C[C@@H]3C3C(=O)N(c4cccc(C(F)(F)F)c4)C(=O)C32)cc1)Nc1cccc2ccccc12. The molecule has 9 rings (SSSR count). The van der Waals surface area contributed by atoms with E-state index in [1.54, 1.807) is 12.1 Å². The molecule has 258 valence electrons. The summed E-state index contributed by atoms with van der Waals surface area (Å²) in [6.07, 6.45) is -3.97. The zero-order valence-electron chi connectivity index (χ0n) is 26.6. The average molecular weight is 728 g/mol. The van der Waals surface area contributed by atoms with Crippen molar-refractivity contribution in [1.29, 1.82) is 0 Å². The third-order valence-electron chi connectivity index (χ3n) is 10.8. The van der Waals surface area contributed by atoms with Crippen molar-refractivity contribution in [3.05, 3.63) is 117 Å². The second-order valence-corrected chi connectivity index (χ2v) is 15.7. The molecule has 1 saturated heterocycles. The van der Waals surface area contributed by atoms with E-state index in [2.05, 4.69) is 10.3 Å². The van der Waals surface area contributed by atoms with Gasteiger partial charge in [0.05, 0.1) is 28.1 Å². The molecule has 13 heteroatoms. The Morgan fingerprint density at radius 1 is 0.902 bits per heavy atom. The molecule has 4 unspecified atom stereocenters. The lowest BCUT2D eigenvalue weighted by atomic mass is 9.68. The smallest absolute Gasteiger partial charge is 0.416 e. The number of benzene rings is 4. The summed E-state index contributed by atoms with van der Waals surface area (Å²) in [6, 6.07) is 25.2. The van der Waals surface area contributed by atoms with Crippen LogP contribution in [0.3, 0.4) is 0 Å². The van der Waals surface area contributed by atoms with Crippen LogP contribution >= 0.6 is 23.1 Å². The van der Waals surface area contributed by atoms with E-state index in [1.807, 2.05) is 54.6 Å². The summed E-state index contributed by atoms with van der Waals surface area (Å²) >= 11 is 2.67. The van der Waals surface area contributed by atoms with E-state index in [9.17, 15) is 32.3 Å². The minimum Gasteiger partial charge on any atom is -0.484 e. The van der Waals surface area contributed by atoms with Crippen LogP contribution in [0.15, 0.2) is 101 Å². The van der Waals surface area contributed by atoms with Crippen LogP contribution in [0, 0.1) is 29.6 Å².